The summed E-state index contributed by atoms with van der Waals surface area (Å²) in [4.78, 5) is 14.3. The number of hydrogen-bond donors (Lipinski definition) is 1. The molecule has 0 bridgehead atoms. The van der Waals surface area contributed by atoms with Gasteiger partial charge in [-0.2, -0.15) is 0 Å². The van der Waals surface area contributed by atoms with Crippen LogP contribution in [0.4, 0.5) is 5.69 Å². The molecular weight excluding hydrogens is 419 g/mol. The van der Waals surface area contributed by atoms with E-state index in [2.05, 4.69) is 4.98 Å². The molecule has 0 saturated carbocycles. The number of ether oxygens (including phenoxy) is 2. The maximum Gasteiger partial charge on any atom is 0.269 e. The number of non-ortho nitro benzene ring substituents is 1. The van der Waals surface area contributed by atoms with Crippen LogP contribution in [0, 0.1) is 10.1 Å². The van der Waals surface area contributed by atoms with Crippen molar-refractivity contribution in [2.75, 3.05) is 13.7 Å². The molecule has 3 aromatic rings. The van der Waals surface area contributed by atoms with Crippen molar-refractivity contribution in [3.8, 4) is 17.2 Å². The van der Waals surface area contributed by atoms with Gasteiger partial charge in [0, 0.05) is 36.0 Å². The summed E-state index contributed by atoms with van der Waals surface area (Å²) in [5.41, 5.74) is 1.21. The summed E-state index contributed by atoms with van der Waals surface area (Å²) >= 11 is 12.5. The molecule has 150 valence electrons. The van der Waals surface area contributed by atoms with Gasteiger partial charge in [0.25, 0.3) is 5.69 Å². The van der Waals surface area contributed by atoms with E-state index in [4.69, 9.17) is 32.7 Å². The van der Waals surface area contributed by atoms with Gasteiger partial charge in [0.2, 0.25) is 0 Å². The fraction of sp³-hybridized carbons (Fsp3) is 0.150. The van der Waals surface area contributed by atoms with Crippen LogP contribution in [0.1, 0.15) is 17.0 Å². The lowest BCUT2D eigenvalue weighted by Crippen LogP contribution is -2.08. The van der Waals surface area contributed by atoms with Crippen LogP contribution in [0.3, 0.4) is 0 Å². The van der Waals surface area contributed by atoms with Crippen LogP contribution in [-0.4, -0.2) is 28.7 Å². The lowest BCUT2D eigenvalue weighted by Gasteiger charge is -2.20. The predicted molar refractivity (Wildman–Crippen MR) is 109 cm³/mol. The van der Waals surface area contributed by atoms with Crippen LogP contribution >= 0.6 is 23.2 Å². The number of aromatic nitrogens is 1. The summed E-state index contributed by atoms with van der Waals surface area (Å²) < 4.78 is 11.2. The smallest absolute Gasteiger partial charge is 0.269 e. The molecular formula is C20H16Cl2N2O5. The Morgan fingerprint density at radius 3 is 2.31 bits per heavy atom. The molecule has 1 heterocycles. The molecule has 1 unspecified atom stereocenters. The highest BCUT2D eigenvalue weighted by Gasteiger charge is 2.22. The monoisotopic (exact) mass is 434 g/mol. The van der Waals surface area contributed by atoms with Gasteiger partial charge in [0.15, 0.2) is 11.5 Å². The molecule has 0 spiro atoms. The van der Waals surface area contributed by atoms with Crippen molar-refractivity contribution in [1.82, 2.24) is 4.98 Å². The Bertz CT molecular complexity index is 1010. The summed E-state index contributed by atoms with van der Waals surface area (Å²) in [5.74, 6) is 0.712. The molecule has 0 radical (unpaired) electrons. The van der Waals surface area contributed by atoms with E-state index < -0.39 is 10.8 Å². The summed E-state index contributed by atoms with van der Waals surface area (Å²) in [5, 5.41) is 21.5. The van der Waals surface area contributed by atoms with Crippen molar-refractivity contribution in [2.45, 2.75) is 5.92 Å². The van der Waals surface area contributed by atoms with E-state index in [0.717, 1.165) is 0 Å². The van der Waals surface area contributed by atoms with Crippen LogP contribution in [0.25, 0.3) is 0 Å². The second kappa shape index (κ2) is 9.09. The third-order valence-electron chi connectivity index (χ3n) is 4.29. The van der Waals surface area contributed by atoms with E-state index in [1.54, 1.807) is 18.2 Å². The molecule has 2 aromatic carbocycles. The van der Waals surface area contributed by atoms with Gasteiger partial charge < -0.3 is 14.6 Å². The molecule has 0 amide bonds. The van der Waals surface area contributed by atoms with E-state index >= 15 is 0 Å². The predicted octanol–water partition coefficient (Wildman–Crippen LogP) is 5.22. The van der Waals surface area contributed by atoms with Gasteiger partial charge in [-0.25, -0.2) is 0 Å². The molecule has 0 aliphatic rings. The van der Waals surface area contributed by atoms with E-state index in [-0.39, 0.29) is 12.3 Å². The van der Waals surface area contributed by atoms with Crippen molar-refractivity contribution in [3.05, 3.63) is 86.1 Å². The fourth-order valence-corrected chi connectivity index (χ4v) is 3.50. The first kappa shape index (κ1) is 20.9. The number of pyridine rings is 1. The van der Waals surface area contributed by atoms with Crippen molar-refractivity contribution < 1.29 is 19.5 Å². The second-order valence-electron chi connectivity index (χ2n) is 6.02. The van der Waals surface area contributed by atoms with Gasteiger partial charge in [-0.1, -0.05) is 29.3 Å². The largest absolute Gasteiger partial charge is 0.493 e. The van der Waals surface area contributed by atoms with Crippen molar-refractivity contribution in [3.63, 3.8) is 0 Å². The molecule has 0 aliphatic carbocycles. The zero-order chi connectivity index (χ0) is 21.0. The number of methoxy groups -OCH3 is 1. The highest BCUT2D eigenvalue weighted by Crippen LogP contribution is 2.39. The van der Waals surface area contributed by atoms with Crippen LogP contribution in [0.5, 0.6) is 17.2 Å². The third-order valence-corrected chi connectivity index (χ3v) is 4.89. The van der Waals surface area contributed by atoms with Gasteiger partial charge in [-0.15, -0.1) is 0 Å². The van der Waals surface area contributed by atoms with Gasteiger partial charge >= 0.3 is 0 Å². The minimum atomic E-state index is -0.511. The number of hydrogen-bond acceptors (Lipinski definition) is 6. The number of nitro groups is 1. The quantitative estimate of drug-likeness (QED) is 0.404. The average Bonchev–Trinajstić information content (AvgIpc) is 2.71. The number of aliphatic hydroxyl groups excluding tert-OH is 1. The second-order valence-corrected chi connectivity index (χ2v) is 6.83. The molecule has 0 aliphatic heterocycles. The number of halogens is 2. The van der Waals surface area contributed by atoms with Gasteiger partial charge in [0.05, 0.1) is 28.7 Å². The van der Waals surface area contributed by atoms with Crippen LogP contribution < -0.4 is 9.47 Å². The minimum absolute atomic E-state index is 0.0413. The minimum Gasteiger partial charge on any atom is -0.493 e. The standard InChI is InChI=1S/C20H16Cl2N2O5/c1-28-18-7-2-12(15(11-25)20-16(21)9-23-10-17(20)22)8-19(18)29-14-5-3-13(4-6-14)24(26)27/h2-10,15,25H,11H2,1H3. The Balaban J connectivity index is 1.98. The zero-order valence-corrected chi connectivity index (χ0v) is 16.7. The van der Waals surface area contributed by atoms with E-state index in [1.165, 1.54) is 43.8 Å². The number of aliphatic hydroxyl groups is 1. The molecule has 7 nitrogen and oxygen atoms in total. The maximum absolute atomic E-state index is 10.8. The van der Waals surface area contributed by atoms with Crippen LogP contribution in [0.15, 0.2) is 54.9 Å². The topological polar surface area (TPSA) is 94.7 Å². The average molecular weight is 435 g/mol. The maximum atomic E-state index is 10.8. The number of benzene rings is 2. The van der Waals surface area contributed by atoms with Gasteiger partial charge in [-0.3, -0.25) is 15.1 Å². The van der Waals surface area contributed by atoms with Gasteiger partial charge in [-0.05, 0) is 29.8 Å². The van der Waals surface area contributed by atoms with Crippen molar-refractivity contribution in [2.24, 2.45) is 0 Å². The summed E-state index contributed by atoms with van der Waals surface area (Å²) in [6.07, 6.45) is 2.92. The first-order chi connectivity index (χ1) is 13.9. The number of nitro benzene ring substituents is 1. The molecule has 29 heavy (non-hydrogen) atoms. The lowest BCUT2D eigenvalue weighted by atomic mass is 9.92. The Hall–Kier alpha value is -2.87. The molecule has 1 atom stereocenters. The fourth-order valence-electron chi connectivity index (χ4n) is 2.87. The normalized spacial score (nSPS) is 11.7. The Morgan fingerprint density at radius 2 is 1.76 bits per heavy atom. The molecule has 0 saturated heterocycles. The number of rotatable bonds is 7. The molecule has 9 heteroatoms. The molecule has 3 rings (SSSR count). The highest BCUT2D eigenvalue weighted by molar-refractivity contribution is 6.35. The molecule has 0 fully saturated rings. The van der Waals surface area contributed by atoms with Crippen molar-refractivity contribution >= 4 is 28.9 Å². The van der Waals surface area contributed by atoms with Crippen molar-refractivity contribution in [1.29, 1.82) is 0 Å². The highest BCUT2D eigenvalue weighted by atomic mass is 35.5. The molecule has 1 N–H and O–H groups in total. The number of nitrogens with zero attached hydrogens (tertiary/aromatic N) is 2. The first-order valence-electron chi connectivity index (χ1n) is 8.44. The summed E-state index contributed by atoms with van der Waals surface area (Å²) in [6, 6.07) is 10.8. The third kappa shape index (κ3) is 4.59. The Morgan fingerprint density at radius 1 is 1.10 bits per heavy atom. The van der Waals surface area contributed by atoms with E-state index in [1.807, 2.05) is 0 Å². The zero-order valence-electron chi connectivity index (χ0n) is 15.2. The lowest BCUT2D eigenvalue weighted by molar-refractivity contribution is -0.384. The molecule has 1 aromatic heterocycles. The Labute approximate surface area is 176 Å². The first-order valence-corrected chi connectivity index (χ1v) is 9.20. The van der Waals surface area contributed by atoms with Gasteiger partial charge in [0.1, 0.15) is 5.75 Å². The Kier molecular flexibility index (Phi) is 6.53. The summed E-state index contributed by atoms with van der Waals surface area (Å²) in [7, 11) is 1.50. The SMILES string of the molecule is COc1ccc(C(CO)c2c(Cl)cncc2Cl)cc1Oc1ccc([N+](=O)[O-])cc1. The summed E-state index contributed by atoms with van der Waals surface area (Å²) in [6.45, 7) is -0.243. The van der Waals surface area contributed by atoms with Crippen LogP contribution in [-0.2, 0) is 0 Å². The van der Waals surface area contributed by atoms with E-state index in [9.17, 15) is 15.2 Å². The van der Waals surface area contributed by atoms with E-state index in [0.29, 0.717) is 38.4 Å². The van der Waals surface area contributed by atoms with Crippen LogP contribution in [0.2, 0.25) is 10.0 Å².